The molecular formula is C65H48N4. The van der Waals surface area contributed by atoms with Crippen molar-refractivity contribution in [2.24, 2.45) is 5.73 Å². The zero-order chi connectivity index (χ0) is 46.5. The molecule has 1 spiro atoms. The predicted molar refractivity (Wildman–Crippen MR) is 288 cm³/mol. The van der Waals surface area contributed by atoms with Crippen LogP contribution in [0.4, 0.5) is 17.1 Å². The molecule has 0 atom stereocenters. The Morgan fingerprint density at radius 2 is 1.00 bits per heavy atom. The van der Waals surface area contributed by atoms with E-state index in [1.807, 2.05) is 54.6 Å². The summed E-state index contributed by atoms with van der Waals surface area (Å²) in [5.41, 5.74) is 26.1. The van der Waals surface area contributed by atoms with E-state index in [2.05, 4.69) is 217 Å². The number of aromatic nitrogens is 1. The Morgan fingerprint density at radius 3 is 1.67 bits per heavy atom. The van der Waals surface area contributed by atoms with Crippen LogP contribution in [0.3, 0.4) is 0 Å². The molecule has 0 radical (unpaired) electrons. The fourth-order valence-corrected chi connectivity index (χ4v) is 11.0. The summed E-state index contributed by atoms with van der Waals surface area (Å²) in [6.07, 6.45) is 1.82. The van der Waals surface area contributed by atoms with Crippen molar-refractivity contribution in [2.75, 3.05) is 4.90 Å². The van der Waals surface area contributed by atoms with Crippen LogP contribution in [0, 0.1) is 12.3 Å². The number of hydrogen-bond donors (Lipinski definition) is 2. The molecule has 0 saturated heterocycles. The highest BCUT2D eigenvalue weighted by molar-refractivity contribution is 6.16. The van der Waals surface area contributed by atoms with Gasteiger partial charge in [0.25, 0.3) is 0 Å². The minimum absolute atomic E-state index is 0.370. The molecule has 10 aromatic carbocycles. The van der Waals surface area contributed by atoms with Gasteiger partial charge in [0, 0.05) is 33.4 Å². The molecule has 4 heteroatoms. The lowest BCUT2D eigenvalue weighted by molar-refractivity contribution is 0.752. The number of nitrogens with one attached hydrogen (secondary N) is 1. The number of fused-ring (bicyclic) bond motifs is 12. The van der Waals surface area contributed by atoms with Gasteiger partial charge in [-0.15, -0.1) is 0 Å². The highest BCUT2D eigenvalue weighted by Gasteiger charge is 2.52. The Morgan fingerprint density at radius 1 is 0.464 bits per heavy atom. The molecule has 69 heavy (non-hydrogen) atoms. The average molecular weight is 885 g/mol. The van der Waals surface area contributed by atoms with Gasteiger partial charge in [-0.1, -0.05) is 194 Å². The molecule has 0 unspecified atom stereocenters. The number of para-hydroxylation sites is 5. The van der Waals surface area contributed by atoms with Gasteiger partial charge < -0.3 is 20.6 Å². The summed E-state index contributed by atoms with van der Waals surface area (Å²) in [5.74, 6) is 0. The van der Waals surface area contributed by atoms with Gasteiger partial charge >= 0.3 is 0 Å². The van der Waals surface area contributed by atoms with Crippen molar-refractivity contribution in [3.05, 3.63) is 294 Å². The van der Waals surface area contributed by atoms with Gasteiger partial charge in [0.1, 0.15) is 0 Å². The Labute approximate surface area is 403 Å². The summed E-state index contributed by atoms with van der Waals surface area (Å²) in [7, 11) is 0. The molecule has 3 N–H and O–H groups in total. The minimum atomic E-state index is -0.667. The van der Waals surface area contributed by atoms with Crippen LogP contribution < -0.4 is 10.6 Å². The summed E-state index contributed by atoms with van der Waals surface area (Å²) in [5, 5.41) is 12.2. The van der Waals surface area contributed by atoms with E-state index in [0.29, 0.717) is 11.4 Å². The average Bonchev–Trinajstić information content (AvgIpc) is 3.90. The molecule has 0 amide bonds. The molecule has 11 aromatic rings. The van der Waals surface area contributed by atoms with E-state index in [4.69, 9.17) is 5.73 Å². The Hall–Kier alpha value is -8.99. The first kappa shape index (κ1) is 41.4. The second-order valence-corrected chi connectivity index (χ2v) is 17.9. The van der Waals surface area contributed by atoms with E-state index in [0.717, 1.165) is 61.7 Å². The van der Waals surface area contributed by atoms with Crippen LogP contribution >= 0.6 is 0 Å². The highest BCUT2D eigenvalue weighted by Crippen LogP contribution is 2.64. The zero-order valence-corrected chi connectivity index (χ0v) is 38.2. The van der Waals surface area contributed by atoms with Gasteiger partial charge in [-0.3, -0.25) is 0 Å². The molecular weight excluding hydrogens is 837 g/mol. The van der Waals surface area contributed by atoms with Crippen molar-refractivity contribution in [3.8, 4) is 27.9 Å². The monoisotopic (exact) mass is 884 g/mol. The van der Waals surface area contributed by atoms with Gasteiger partial charge in [0.2, 0.25) is 0 Å². The number of benzene rings is 10. The Balaban J connectivity index is 0.000000649. The standard InChI is InChI=1S/C58H40N4.C7H8/c59-51(38-17-4-1-5-18-38)37-52(60)44-24-16-27-50-57(44)46-36-39(40-32-34-54-45(35-40)43-23-10-13-28-53(43)61(54)41-19-6-2-7-20-41)31-33-47(46)58(50)48-25-11-14-29-55(48)62(42-21-8-3-9-22-42)56-30-15-12-26-49(56)58;1-7-5-3-2-4-6-7/h1-37,60H,59H2;2-6H,1H3/b51-37-,60-52?;. The van der Waals surface area contributed by atoms with Crippen molar-refractivity contribution in [3.63, 3.8) is 0 Å². The van der Waals surface area contributed by atoms with Crippen molar-refractivity contribution >= 4 is 50.3 Å². The summed E-state index contributed by atoms with van der Waals surface area (Å²) in [6.45, 7) is 2.08. The molecule has 0 saturated carbocycles. The number of allylic oxidation sites excluding steroid dienone is 1. The molecule has 2 heterocycles. The lowest BCUT2D eigenvalue weighted by atomic mass is 9.64. The maximum Gasteiger partial charge on any atom is 0.0754 e. The Kier molecular flexibility index (Phi) is 10.2. The maximum atomic E-state index is 9.75. The van der Waals surface area contributed by atoms with Crippen molar-refractivity contribution in [2.45, 2.75) is 12.3 Å². The number of nitrogens with zero attached hydrogens (tertiary/aromatic N) is 2. The van der Waals surface area contributed by atoms with Crippen LogP contribution in [0.25, 0.3) is 55.4 Å². The van der Waals surface area contributed by atoms with Crippen molar-refractivity contribution in [1.82, 2.24) is 4.57 Å². The molecule has 1 aromatic heterocycles. The molecule has 1 aliphatic heterocycles. The summed E-state index contributed by atoms with van der Waals surface area (Å²) in [6, 6.07) is 88.3. The van der Waals surface area contributed by atoms with E-state index >= 15 is 0 Å². The molecule has 4 nitrogen and oxygen atoms in total. The lowest BCUT2D eigenvalue weighted by Crippen LogP contribution is -2.36. The third-order valence-electron chi connectivity index (χ3n) is 13.9. The van der Waals surface area contributed by atoms with Crippen molar-refractivity contribution in [1.29, 1.82) is 5.41 Å². The molecule has 0 bridgehead atoms. The van der Waals surface area contributed by atoms with E-state index in [-0.39, 0.29) is 0 Å². The summed E-state index contributed by atoms with van der Waals surface area (Å²) >= 11 is 0. The second kappa shape index (κ2) is 17.0. The largest absolute Gasteiger partial charge is 0.398 e. The summed E-state index contributed by atoms with van der Waals surface area (Å²) < 4.78 is 2.36. The van der Waals surface area contributed by atoms with E-state index in [1.165, 1.54) is 44.1 Å². The molecule has 328 valence electrons. The number of anilines is 3. The fourth-order valence-electron chi connectivity index (χ4n) is 11.0. The molecule has 0 fully saturated rings. The predicted octanol–water partition coefficient (Wildman–Crippen LogP) is 16.0. The number of nitrogens with two attached hydrogens (primary N) is 1. The Bertz CT molecular complexity index is 3710. The minimum Gasteiger partial charge on any atom is -0.398 e. The lowest BCUT2D eigenvalue weighted by Gasteiger charge is -2.45. The van der Waals surface area contributed by atoms with Gasteiger partial charge in [0.15, 0.2) is 0 Å². The molecule has 1 aliphatic carbocycles. The SMILES string of the molecule is Cc1ccccc1.N=C(/C=C(\N)c1ccccc1)c1cccc2c1-c1cc(-c3ccc4c(c3)c3ccccc3n4-c3ccccc3)ccc1C21c2ccccc2N(c2ccccc2)c2ccccc21. The first-order valence-electron chi connectivity index (χ1n) is 23.6. The number of aryl methyl sites for hydroxylation is 1. The third kappa shape index (κ3) is 6.79. The normalized spacial score (nSPS) is 13.0. The van der Waals surface area contributed by atoms with Gasteiger partial charge in [-0.25, -0.2) is 0 Å². The smallest absolute Gasteiger partial charge is 0.0754 e. The van der Waals surface area contributed by atoms with Crippen LogP contribution in [0.1, 0.15) is 38.9 Å². The van der Waals surface area contributed by atoms with Gasteiger partial charge in [-0.2, -0.15) is 0 Å². The quantitative estimate of drug-likeness (QED) is 0.163. The number of hydrogen-bond acceptors (Lipinski definition) is 3. The van der Waals surface area contributed by atoms with E-state index < -0.39 is 5.41 Å². The van der Waals surface area contributed by atoms with Crippen LogP contribution in [-0.4, -0.2) is 10.3 Å². The second-order valence-electron chi connectivity index (χ2n) is 17.9. The third-order valence-corrected chi connectivity index (χ3v) is 13.9. The zero-order valence-electron chi connectivity index (χ0n) is 38.2. The van der Waals surface area contributed by atoms with Crippen LogP contribution in [0.5, 0.6) is 0 Å². The number of rotatable bonds is 6. The topological polar surface area (TPSA) is 58.0 Å². The summed E-state index contributed by atoms with van der Waals surface area (Å²) in [4.78, 5) is 2.40. The van der Waals surface area contributed by atoms with E-state index in [9.17, 15) is 5.41 Å². The van der Waals surface area contributed by atoms with Crippen molar-refractivity contribution < 1.29 is 0 Å². The highest BCUT2D eigenvalue weighted by atomic mass is 15.2. The van der Waals surface area contributed by atoms with Gasteiger partial charge in [0.05, 0.1) is 33.5 Å². The fraction of sp³-hybridized carbons (Fsp3) is 0.0308. The van der Waals surface area contributed by atoms with Gasteiger partial charge in [-0.05, 0) is 124 Å². The van der Waals surface area contributed by atoms with Crippen LogP contribution in [-0.2, 0) is 5.41 Å². The molecule has 13 rings (SSSR count). The first-order valence-corrected chi connectivity index (χ1v) is 23.6. The van der Waals surface area contributed by atoms with Crippen LogP contribution in [0.15, 0.2) is 255 Å². The molecule has 2 aliphatic rings. The van der Waals surface area contributed by atoms with E-state index in [1.54, 1.807) is 0 Å². The first-order chi connectivity index (χ1) is 34.0. The maximum absolute atomic E-state index is 9.75. The van der Waals surface area contributed by atoms with Crippen LogP contribution in [0.2, 0.25) is 0 Å².